The fourth-order valence-electron chi connectivity index (χ4n) is 1.46. The van der Waals surface area contributed by atoms with Crippen LogP contribution in [0.5, 0.6) is 0 Å². The maximum Gasteiger partial charge on any atom is 0.0584 e. The molecule has 3 nitrogen and oxygen atoms in total. The molecule has 0 aliphatic carbocycles. The number of thioether (sulfide) groups is 1. The Morgan fingerprint density at radius 1 is 1.67 bits per heavy atom. The lowest BCUT2D eigenvalue weighted by atomic mass is 10.1. The van der Waals surface area contributed by atoms with Crippen LogP contribution in [0.3, 0.4) is 0 Å². The van der Waals surface area contributed by atoms with Crippen LogP contribution in [0.1, 0.15) is 17.3 Å². The number of aryl methyl sites for hydroxylation is 1. The molecule has 2 N–H and O–H groups in total. The lowest BCUT2D eigenvalue weighted by molar-refractivity contribution is 0.577. The van der Waals surface area contributed by atoms with Gasteiger partial charge in [-0.15, -0.1) is 0 Å². The van der Waals surface area contributed by atoms with Crippen LogP contribution >= 0.6 is 11.8 Å². The van der Waals surface area contributed by atoms with Gasteiger partial charge < -0.3 is 5.32 Å². The van der Waals surface area contributed by atoms with Crippen molar-refractivity contribution in [3.8, 4) is 0 Å². The van der Waals surface area contributed by atoms with E-state index < -0.39 is 0 Å². The molecule has 12 heavy (non-hydrogen) atoms. The average Bonchev–Trinajstić information content (AvgIpc) is 2.53. The molecule has 1 unspecified atom stereocenters. The summed E-state index contributed by atoms with van der Waals surface area (Å²) in [6.07, 6.45) is 1.89. The van der Waals surface area contributed by atoms with Crippen molar-refractivity contribution in [2.24, 2.45) is 0 Å². The SMILES string of the molecule is Cc1cn[nH]c1C1CSCCN1. The van der Waals surface area contributed by atoms with Gasteiger partial charge in [0.25, 0.3) is 0 Å². The number of hydrogen-bond acceptors (Lipinski definition) is 3. The van der Waals surface area contributed by atoms with Crippen molar-refractivity contribution in [3.63, 3.8) is 0 Å². The van der Waals surface area contributed by atoms with E-state index in [1.165, 1.54) is 17.0 Å². The van der Waals surface area contributed by atoms with Crippen LogP contribution in [0.15, 0.2) is 6.20 Å². The maximum absolute atomic E-state index is 4.02. The third kappa shape index (κ3) is 1.49. The van der Waals surface area contributed by atoms with Crippen LogP contribution in [-0.4, -0.2) is 28.2 Å². The third-order valence-corrected chi connectivity index (χ3v) is 3.20. The summed E-state index contributed by atoms with van der Waals surface area (Å²) in [4.78, 5) is 0. The molecule has 1 aromatic heterocycles. The number of H-pyrrole nitrogens is 1. The molecule has 0 radical (unpaired) electrons. The predicted molar refractivity (Wildman–Crippen MR) is 51.4 cm³/mol. The second-order valence-electron chi connectivity index (χ2n) is 3.05. The molecule has 1 aliphatic heterocycles. The van der Waals surface area contributed by atoms with Gasteiger partial charge in [0.05, 0.1) is 17.9 Å². The smallest absolute Gasteiger partial charge is 0.0584 e. The van der Waals surface area contributed by atoms with Gasteiger partial charge in [-0.05, 0) is 12.5 Å². The zero-order chi connectivity index (χ0) is 8.39. The Kier molecular flexibility index (Phi) is 2.37. The highest BCUT2D eigenvalue weighted by atomic mass is 32.2. The maximum atomic E-state index is 4.02. The van der Waals surface area contributed by atoms with Gasteiger partial charge in [0.15, 0.2) is 0 Å². The van der Waals surface area contributed by atoms with E-state index in [1.807, 2.05) is 18.0 Å². The topological polar surface area (TPSA) is 40.7 Å². The van der Waals surface area contributed by atoms with Crippen LogP contribution in [0.25, 0.3) is 0 Å². The van der Waals surface area contributed by atoms with Gasteiger partial charge >= 0.3 is 0 Å². The minimum absolute atomic E-state index is 0.478. The molecule has 0 spiro atoms. The fourth-order valence-corrected chi connectivity index (χ4v) is 2.41. The first-order valence-corrected chi connectivity index (χ1v) is 5.34. The average molecular weight is 183 g/mol. The second-order valence-corrected chi connectivity index (χ2v) is 4.20. The highest BCUT2D eigenvalue weighted by Crippen LogP contribution is 2.21. The molecule has 0 bridgehead atoms. The van der Waals surface area contributed by atoms with Gasteiger partial charge in [-0.25, -0.2) is 0 Å². The summed E-state index contributed by atoms with van der Waals surface area (Å²) in [6, 6.07) is 0.478. The molecule has 0 aromatic carbocycles. The monoisotopic (exact) mass is 183 g/mol. The van der Waals surface area contributed by atoms with Gasteiger partial charge in [-0.1, -0.05) is 0 Å². The highest BCUT2D eigenvalue weighted by molar-refractivity contribution is 7.99. The minimum atomic E-state index is 0.478. The number of nitrogens with one attached hydrogen (secondary N) is 2. The highest BCUT2D eigenvalue weighted by Gasteiger charge is 2.17. The Morgan fingerprint density at radius 2 is 2.58 bits per heavy atom. The van der Waals surface area contributed by atoms with Crippen molar-refractivity contribution < 1.29 is 0 Å². The molecule has 1 aliphatic rings. The quantitative estimate of drug-likeness (QED) is 0.685. The predicted octanol–water partition coefficient (Wildman–Crippen LogP) is 1.10. The Labute approximate surface area is 76.3 Å². The largest absolute Gasteiger partial charge is 0.307 e. The normalized spacial score (nSPS) is 24.2. The minimum Gasteiger partial charge on any atom is -0.307 e. The summed E-state index contributed by atoms with van der Waals surface area (Å²) < 4.78 is 0. The van der Waals surface area contributed by atoms with Crippen molar-refractivity contribution >= 4 is 11.8 Å². The van der Waals surface area contributed by atoms with Crippen LogP contribution in [0.2, 0.25) is 0 Å². The molecule has 66 valence electrons. The lowest BCUT2D eigenvalue weighted by Crippen LogP contribution is -2.30. The van der Waals surface area contributed by atoms with E-state index in [1.54, 1.807) is 0 Å². The Bertz CT molecular complexity index is 253. The van der Waals surface area contributed by atoms with Gasteiger partial charge in [-0.2, -0.15) is 16.9 Å². The summed E-state index contributed by atoms with van der Waals surface area (Å²) in [6.45, 7) is 3.20. The number of aromatic amines is 1. The van der Waals surface area contributed by atoms with Gasteiger partial charge in [-0.3, -0.25) is 5.10 Å². The number of aromatic nitrogens is 2. The molecule has 1 saturated heterocycles. The van der Waals surface area contributed by atoms with Crippen LogP contribution in [-0.2, 0) is 0 Å². The number of rotatable bonds is 1. The first-order valence-electron chi connectivity index (χ1n) is 4.19. The molecule has 1 aromatic rings. The fraction of sp³-hybridized carbons (Fsp3) is 0.625. The zero-order valence-electron chi connectivity index (χ0n) is 7.13. The first kappa shape index (κ1) is 8.13. The number of nitrogens with zero attached hydrogens (tertiary/aromatic N) is 1. The van der Waals surface area contributed by atoms with Crippen molar-refractivity contribution in [3.05, 3.63) is 17.5 Å². The lowest BCUT2D eigenvalue weighted by Gasteiger charge is -2.22. The first-order chi connectivity index (χ1) is 5.88. The molecule has 0 saturated carbocycles. The number of hydrogen-bond donors (Lipinski definition) is 2. The summed E-state index contributed by atoms with van der Waals surface area (Å²) >= 11 is 2.00. The van der Waals surface area contributed by atoms with E-state index in [0.29, 0.717) is 6.04 Å². The van der Waals surface area contributed by atoms with Gasteiger partial charge in [0.2, 0.25) is 0 Å². The van der Waals surface area contributed by atoms with E-state index in [-0.39, 0.29) is 0 Å². The molecule has 4 heteroatoms. The van der Waals surface area contributed by atoms with E-state index in [2.05, 4.69) is 22.4 Å². The van der Waals surface area contributed by atoms with Gasteiger partial charge in [0, 0.05) is 18.1 Å². The Hall–Kier alpha value is -0.480. The molecule has 1 atom stereocenters. The van der Waals surface area contributed by atoms with Crippen molar-refractivity contribution in [1.82, 2.24) is 15.5 Å². The molecule has 1 fully saturated rings. The summed E-state index contributed by atoms with van der Waals surface area (Å²) in [7, 11) is 0. The summed E-state index contributed by atoms with van der Waals surface area (Å²) in [5.74, 6) is 2.38. The van der Waals surface area contributed by atoms with E-state index in [4.69, 9.17) is 0 Å². The third-order valence-electron chi connectivity index (χ3n) is 2.14. The zero-order valence-corrected chi connectivity index (χ0v) is 7.95. The standard InChI is InChI=1S/C8H13N3S/c1-6-4-10-11-8(6)7-5-12-3-2-9-7/h4,7,9H,2-3,5H2,1H3,(H,10,11). The van der Waals surface area contributed by atoms with Crippen LogP contribution in [0.4, 0.5) is 0 Å². The molecule has 0 amide bonds. The van der Waals surface area contributed by atoms with Gasteiger partial charge in [0.1, 0.15) is 0 Å². The molecular formula is C8H13N3S. The van der Waals surface area contributed by atoms with Crippen LogP contribution in [0, 0.1) is 6.92 Å². The van der Waals surface area contributed by atoms with Crippen molar-refractivity contribution in [1.29, 1.82) is 0 Å². The Morgan fingerprint density at radius 3 is 3.17 bits per heavy atom. The Balaban J connectivity index is 2.13. The molecular weight excluding hydrogens is 170 g/mol. The van der Waals surface area contributed by atoms with Crippen molar-refractivity contribution in [2.45, 2.75) is 13.0 Å². The van der Waals surface area contributed by atoms with Crippen molar-refractivity contribution in [2.75, 3.05) is 18.1 Å². The molecule has 2 heterocycles. The van der Waals surface area contributed by atoms with Crippen LogP contribution < -0.4 is 5.32 Å². The molecule has 2 rings (SSSR count). The van der Waals surface area contributed by atoms with E-state index in [0.717, 1.165) is 12.3 Å². The summed E-state index contributed by atoms with van der Waals surface area (Å²) in [5.41, 5.74) is 2.51. The van der Waals surface area contributed by atoms with E-state index in [9.17, 15) is 0 Å². The van der Waals surface area contributed by atoms with E-state index >= 15 is 0 Å². The second kappa shape index (κ2) is 3.49. The summed E-state index contributed by atoms with van der Waals surface area (Å²) in [5, 5.41) is 10.5.